The normalized spacial score (nSPS) is 15.8. The SMILES string of the molecule is CCc1nc(C(=O)C(F)(F)F)c2n1CCNC2. The van der Waals surface area contributed by atoms with E-state index in [-0.39, 0.29) is 6.54 Å². The fourth-order valence-corrected chi connectivity index (χ4v) is 1.96. The number of fused-ring (bicyclic) bond motifs is 1. The molecule has 1 N–H and O–H groups in total. The molecular formula is C10H12F3N3O. The average Bonchev–Trinajstić information content (AvgIpc) is 2.65. The van der Waals surface area contributed by atoms with E-state index in [9.17, 15) is 18.0 Å². The molecule has 0 bridgehead atoms. The number of nitrogens with zero attached hydrogens (tertiary/aromatic N) is 2. The van der Waals surface area contributed by atoms with Crippen LogP contribution in [0.2, 0.25) is 0 Å². The van der Waals surface area contributed by atoms with Crippen molar-refractivity contribution in [1.29, 1.82) is 0 Å². The molecule has 1 aliphatic rings. The van der Waals surface area contributed by atoms with Crippen LogP contribution in [0.1, 0.15) is 28.9 Å². The molecule has 0 amide bonds. The maximum atomic E-state index is 12.4. The molecule has 0 aliphatic carbocycles. The minimum absolute atomic E-state index is 0.254. The first-order valence-corrected chi connectivity index (χ1v) is 5.35. The molecule has 0 radical (unpaired) electrons. The van der Waals surface area contributed by atoms with Crippen molar-refractivity contribution < 1.29 is 18.0 Å². The number of hydrogen-bond donors (Lipinski definition) is 1. The molecule has 0 spiro atoms. The molecule has 0 unspecified atom stereocenters. The van der Waals surface area contributed by atoms with Crippen molar-refractivity contribution in [3.05, 3.63) is 17.2 Å². The summed E-state index contributed by atoms with van der Waals surface area (Å²) in [5.41, 5.74) is -0.114. The predicted molar refractivity (Wildman–Crippen MR) is 53.7 cm³/mol. The first-order valence-electron chi connectivity index (χ1n) is 5.35. The fourth-order valence-electron chi connectivity index (χ4n) is 1.96. The van der Waals surface area contributed by atoms with Crippen molar-refractivity contribution in [2.24, 2.45) is 0 Å². The summed E-state index contributed by atoms with van der Waals surface area (Å²) >= 11 is 0. The van der Waals surface area contributed by atoms with Gasteiger partial charge in [-0.15, -0.1) is 0 Å². The van der Waals surface area contributed by atoms with Crippen LogP contribution < -0.4 is 5.32 Å². The molecule has 7 heteroatoms. The van der Waals surface area contributed by atoms with Crippen molar-refractivity contribution in [3.8, 4) is 0 Å². The zero-order valence-corrected chi connectivity index (χ0v) is 9.26. The van der Waals surface area contributed by atoms with E-state index < -0.39 is 17.7 Å². The van der Waals surface area contributed by atoms with Crippen LogP contribution >= 0.6 is 0 Å². The molecule has 1 aromatic rings. The zero-order chi connectivity index (χ0) is 12.6. The van der Waals surface area contributed by atoms with Gasteiger partial charge in [-0.2, -0.15) is 13.2 Å². The van der Waals surface area contributed by atoms with Gasteiger partial charge >= 0.3 is 6.18 Å². The second kappa shape index (κ2) is 4.14. The molecule has 0 saturated heterocycles. The van der Waals surface area contributed by atoms with Crippen LogP contribution in [0.5, 0.6) is 0 Å². The second-order valence-electron chi connectivity index (χ2n) is 3.83. The van der Waals surface area contributed by atoms with Gasteiger partial charge in [0.1, 0.15) is 11.5 Å². The van der Waals surface area contributed by atoms with E-state index in [0.29, 0.717) is 31.0 Å². The number of imidazole rings is 1. The number of Topliss-reactive ketones (excluding diaryl/α,β-unsaturated/α-hetero) is 1. The zero-order valence-electron chi connectivity index (χ0n) is 9.26. The summed E-state index contributed by atoms with van der Waals surface area (Å²) in [7, 11) is 0. The summed E-state index contributed by atoms with van der Waals surface area (Å²) in [6, 6.07) is 0. The highest BCUT2D eigenvalue weighted by Gasteiger charge is 2.43. The van der Waals surface area contributed by atoms with Gasteiger partial charge < -0.3 is 9.88 Å². The molecule has 2 rings (SSSR count). The van der Waals surface area contributed by atoms with Gasteiger partial charge in [-0.25, -0.2) is 4.98 Å². The van der Waals surface area contributed by atoms with E-state index in [4.69, 9.17) is 0 Å². The van der Waals surface area contributed by atoms with Gasteiger partial charge in [-0.1, -0.05) is 6.92 Å². The third-order valence-electron chi connectivity index (χ3n) is 2.74. The van der Waals surface area contributed by atoms with Gasteiger partial charge in [0.25, 0.3) is 5.78 Å². The summed E-state index contributed by atoms with van der Waals surface area (Å²) in [6.45, 7) is 3.29. The number of hydrogen-bond acceptors (Lipinski definition) is 3. The molecule has 0 saturated carbocycles. The Bertz CT molecular complexity index is 450. The summed E-state index contributed by atoms with van der Waals surface area (Å²) in [4.78, 5) is 15.1. The number of aryl methyl sites for hydroxylation is 1. The highest BCUT2D eigenvalue weighted by Crippen LogP contribution is 2.25. The number of halogens is 3. The van der Waals surface area contributed by atoms with Crippen LogP contribution in [0.25, 0.3) is 0 Å². The Balaban J connectivity index is 2.48. The lowest BCUT2D eigenvalue weighted by molar-refractivity contribution is -0.0888. The lowest BCUT2D eigenvalue weighted by Crippen LogP contribution is -2.31. The number of nitrogens with one attached hydrogen (secondary N) is 1. The lowest BCUT2D eigenvalue weighted by atomic mass is 10.2. The number of alkyl halides is 3. The lowest BCUT2D eigenvalue weighted by Gasteiger charge is -2.18. The molecule has 1 aliphatic heterocycles. The highest BCUT2D eigenvalue weighted by molar-refractivity contribution is 5.99. The molecular weight excluding hydrogens is 235 g/mol. The fraction of sp³-hybridized carbons (Fsp3) is 0.600. The van der Waals surface area contributed by atoms with Gasteiger partial charge in [0.05, 0.1) is 5.69 Å². The first-order chi connectivity index (χ1) is 7.95. The third kappa shape index (κ3) is 2.06. The Labute approximate surface area is 95.8 Å². The van der Waals surface area contributed by atoms with E-state index >= 15 is 0 Å². The van der Waals surface area contributed by atoms with Crippen LogP contribution in [0.4, 0.5) is 13.2 Å². The number of rotatable bonds is 2. The van der Waals surface area contributed by atoms with Crippen LogP contribution in [0, 0.1) is 0 Å². The van der Waals surface area contributed by atoms with E-state index in [0.717, 1.165) is 0 Å². The number of aromatic nitrogens is 2. The maximum Gasteiger partial charge on any atom is 0.456 e. The largest absolute Gasteiger partial charge is 0.456 e. The molecule has 4 nitrogen and oxygen atoms in total. The Kier molecular flexibility index (Phi) is 2.94. The molecule has 0 fully saturated rings. The topological polar surface area (TPSA) is 46.9 Å². The average molecular weight is 247 g/mol. The molecule has 94 valence electrons. The standard InChI is InChI=1S/C10H12F3N3O/c1-2-7-15-8(9(17)10(11,12)13)6-5-14-3-4-16(6)7/h14H,2-5H2,1H3. The molecule has 2 heterocycles. The quantitative estimate of drug-likeness (QED) is 0.801. The Morgan fingerprint density at radius 3 is 2.82 bits per heavy atom. The third-order valence-corrected chi connectivity index (χ3v) is 2.74. The minimum Gasteiger partial charge on any atom is -0.329 e. The van der Waals surface area contributed by atoms with Crippen LogP contribution in [0.15, 0.2) is 0 Å². The molecule has 1 aromatic heterocycles. The Hall–Kier alpha value is -1.37. The van der Waals surface area contributed by atoms with E-state index in [1.54, 1.807) is 11.5 Å². The van der Waals surface area contributed by atoms with E-state index in [1.807, 2.05) is 0 Å². The van der Waals surface area contributed by atoms with Gasteiger partial charge in [-0.05, 0) is 0 Å². The van der Waals surface area contributed by atoms with Crippen LogP contribution in [-0.4, -0.2) is 28.1 Å². The van der Waals surface area contributed by atoms with Crippen LogP contribution in [0.3, 0.4) is 0 Å². The maximum absolute atomic E-state index is 12.4. The first kappa shape index (κ1) is 12.1. The summed E-state index contributed by atoms with van der Waals surface area (Å²) in [5, 5.41) is 2.94. The Morgan fingerprint density at radius 1 is 1.53 bits per heavy atom. The van der Waals surface area contributed by atoms with E-state index in [1.165, 1.54) is 0 Å². The number of carbonyl (C=O) groups is 1. The summed E-state index contributed by atoms with van der Waals surface area (Å²) in [5.74, 6) is -1.32. The number of carbonyl (C=O) groups excluding carboxylic acids is 1. The van der Waals surface area contributed by atoms with Gasteiger partial charge in [0, 0.05) is 26.1 Å². The Morgan fingerprint density at radius 2 is 2.24 bits per heavy atom. The smallest absolute Gasteiger partial charge is 0.329 e. The molecule has 0 aromatic carbocycles. The van der Waals surface area contributed by atoms with Crippen LogP contribution in [-0.2, 0) is 19.5 Å². The van der Waals surface area contributed by atoms with E-state index in [2.05, 4.69) is 10.3 Å². The summed E-state index contributed by atoms with van der Waals surface area (Å²) < 4.78 is 38.9. The van der Waals surface area contributed by atoms with Crippen molar-refractivity contribution in [2.75, 3.05) is 6.54 Å². The summed E-state index contributed by atoms with van der Waals surface area (Å²) in [6.07, 6.45) is -4.35. The predicted octanol–water partition coefficient (Wildman–Crippen LogP) is 1.29. The van der Waals surface area contributed by atoms with Crippen molar-refractivity contribution in [2.45, 2.75) is 32.6 Å². The second-order valence-corrected chi connectivity index (χ2v) is 3.83. The minimum atomic E-state index is -4.86. The van der Waals surface area contributed by atoms with Crippen molar-refractivity contribution in [1.82, 2.24) is 14.9 Å². The van der Waals surface area contributed by atoms with Crippen molar-refractivity contribution in [3.63, 3.8) is 0 Å². The highest BCUT2D eigenvalue weighted by atomic mass is 19.4. The monoisotopic (exact) mass is 247 g/mol. The molecule has 17 heavy (non-hydrogen) atoms. The molecule has 0 atom stereocenters. The number of ketones is 1. The van der Waals surface area contributed by atoms with Gasteiger partial charge in [-0.3, -0.25) is 4.79 Å². The van der Waals surface area contributed by atoms with Gasteiger partial charge in [0.15, 0.2) is 0 Å². The van der Waals surface area contributed by atoms with Gasteiger partial charge in [0.2, 0.25) is 0 Å². The van der Waals surface area contributed by atoms with Crippen molar-refractivity contribution >= 4 is 5.78 Å².